The van der Waals surface area contributed by atoms with E-state index < -0.39 is 68.4 Å². The lowest BCUT2D eigenvalue weighted by Gasteiger charge is -2.35. The van der Waals surface area contributed by atoms with E-state index in [0.717, 1.165) is 36.4 Å². The Kier molecular flexibility index (Phi) is 8.12. The fourth-order valence-electron chi connectivity index (χ4n) is 6.33. The lowest BCUT2D eigenvalue weighted by Crippen LogP contribution is -2.45. The number of phenolic OH excluding ortho intramolecular Hbond substituents is 8. The van der Waals surface area contributed by atoms with Crippen LogP contribution in [0.15, 0.2) is 67.0 Å². The van der Waals surface area contributed by atoms with Crippen LogP contribution >= 0.6 is 0 Å². The van der Waals surface area contributed by atoms with E-state index in [4.69, 9.17) is 8.83 Å². The molecule has 0 bridgehead atoms. The molecule has 1 aliphatic rings. The van der Waals surface area contributed by atoms with Gasteiger partial charge in [0.05, 0.1) is 11.1 Å². The summed E-state index contributed by atoms with van der Waals surface area (Å²) in [6, 6.07) is 8.93. The molecule has 0 atom stereocenters. The summed E-state index contributed by atoms with van der Waals surface area (Å²) >= 11 is 0. The average molecular weight is 715 g/mol. The van der Waals surface area contributed by atoms with Gasteiger partial charge in [-0.3, -0.25) is 19.4 Å². The van der Waals surface area contributed by atoms with Gasteiger partial charge in [-0.2, -0.15) is 0 Å². The molecule has 4 aromatic carbocycles. The van der Waals surface area contributed by atoms with Crippen molar-refractivity contribution in [1.82, 2.24) is 9.80 Å². The van der Waals surface area contributed by atoms with E-state index in [9.17, 15) is 60.7 Å². The molecule has 16 nitrogen and oxygen atoms in total. The van der Waals surface area contributed by atoms with Gasteiger partial charge >= 0.3 is 0 Å². The second-order valence-electron chi connectivity index (χ2n) is 12.4. The normalized spacial score (nSPS) is 14.0. The largest absolute Gasteiger partial charge is 0.507 e. The zero-order valence-electron chi connectivity index (χ0n) is 26.9. The maximum atomic E-state index is 13.2. The standard InChI is InChI=1S/C36H30N2O14/c39-19-3-1-15(9-23(19)43)33-31(49)29(47)27-25(45)11-21(41)17(35(27)51-33)13-37-5-7-38(8-6-37)14-18-22(42)12-26(46)28-30(48)32(50)34(52-36(18)28)16-2-4-20(40)24(44)10-16/h1-4,9-12,39-46,49-50H,5-8,13-14H2. The number of hydrogen-bond acceptors (Lipinski definition) is 16. The molecule has 7 rings (SSSR count). The Bertz CT molecular complexity index is 2370. The molecule has 1 saturated heterocycles. The number of rotatable bonds is 6. The van der Waals surface area contributed by atoms with Crippen molar-refractivity contribution < 1.29 is 59.9 Å². The number of phenols is 8. The molecular weight excluding hydrogens is 684 g/mol. The third-order valence-corrected chi connectivity index (χ3v) is 9.11. The summed E-state index contributed by atoms with van der Waals surface area (Å²) in [4.78, 5) is 30.2. The van der Waals surface area contributed by atoms with E-state index in [1.165, 1.54) is 12.1 Å². The first kappa shape index (κ1) is 33.7. The Morgan fingerprint density at radius 2 is 0.827 bits per heavy atom. The van der Waals surface area contributed by atoms with Gasteiger partial charge in [-0.25, -0.2) is 0 Å². The van der Waals surface area contributed by atoms with Crippen molar-refractivity contribution >= 4 is 21.9 Å². The molecule has 0 aliphatic carbocycles. The molecule has 268 valence electrons. The first-order valence-electron chi connectivity index (χ1n) is 15.7. The van der Waals surface area contributed by atoms with Crippen LogP contribution in [0.4, 0.5) is 0 Å². The van der Waals surface area contributed by atoms with Crippen LogP contribution in [0, 0.1) is 0 Å². The van der Waals surface area contributed by atoms with E-state index in [0.29, 0.717) is 26.2 Å². The van der Waals surface area contributed by atoms with Crippen LogP contribution in [0.3, 0.4) is 0 Å². The molecule has 0 spiro atoms. The quantitative estimate of drug-likeness (QED) is 0.110. The van der Waals surface area contributed by atoms with Gasteiger partial charge < -0.3 is 59.9 Å². The molecule has 0 saturated carbocycles. The highest BCUT2D eigenvalue weighted by atomic mass is 16.4. The van der Waals surface area contributed by atoms with Crippen LogP contribution in [0.1, 0.15) is 11.1 Å². The molecule has 2 aromatic heterocycles. The third kappa shape index (κ3) is 5.61. The Morgan fingerprint density at radius 1 is 0.462 bits per heavy atom. The minimum Gasteiger partial charge on any atom is -0.507 e. The van der Waals surface area contributed by atoms with Gasteiger partial charge in [0, 0.05) is 62.5 Å². The highest BCUT2D eigenvalue weighted by Gasteiger charge is 2.28. The zero-order chi connectivity index (χ0) is 37.2. The molecule has 1 aliphatic heterocycles. The molecule has 3 heterocycles. The molecule has 0 unspecified atom stereocenters. The molecule has 0 amide bonds. The Labute approximate surface area is 291 Å². The van der Waals surface area contributed by atoms with E-state index in [2.05, 4.69) is 0 Å². The van der Waals surface area contributed by atoms with Crippen molar-refractivity contribution in [1.29, 1.82) is 0 Å². The maximum absolute atomic E-state index is 13.2. The molecule has 1 fully saturated rings. The van der Waals surface area contributed by atoms with Crippen molar-refractivity contribution in [3.05, 3.63) is 80.1 Å². The Balaban J connectivity index is 1.18. The predicted octanol–water partition coefficient (Wildman–Crippen LogP) is 3.61. The van der Waals surface area contributed by atoms with Gasteiger partial charge in [-0.1, -0.05) is 0 Å². The molecule has 0 radical (unpaired) electrons. The van der Waals surface area contributed by atoms with E-state index in [1.54, 1.807) is 0 Å². The summed E-state index contributed by atoms with van der Waals surface area (Å²) in [6.07, 6.45) is 0. The zero-order valence-corrected chi connectivity index (χ0v) is 26.9. The van der Waals surface area contributed by atoms with Gasteiger partial charge in [-0.15, -0.1) is 0 Å². The number of nitrogens with zero attached hydrogens (tertiary/aromatic N) is 2. The number of benzene rings is 4. The second kappa shape index (κ2) is 12.5. The van der Waals surface area contributed by atoms with Gasteiger partial charge in [0.2, 0.25) is 22.4 Å². The lowest BCUT2D eigenvalue weighted by atomic mass is 10.0. The number of aromatic hydroxyl groups is 10. The lowest BCUT2D eigenvalue weighted by molar-refractivity contribution is 0.120. The number of piperazine rings is 1. The smallest absolute Gasteiger partial charge is 0.238 e. The topological polar surface area (TPSA) is 269 Å². The average Bonchev–Trinajstić information content (AvgIpc) is 3.10. The summed E-state index contributed by atoms with van der Waals surface area (Å²) in [6.45, 7) is 1.50. The minimum atomic E-state index is -0.987. The summed E-state index contributed by atoms with van der Waals surface area (Å²) in [5.74, 6) is -6.46. The van der Waals surface area contributed by atoms with Crippen molar-refractivity contribution in [2.24, 2.45) is 0 Å². The van der Waals surface area contributed by atoms with E-state index in [1.807, 2.05) is 9.80 Å². The highest BCUT2D eigenvalue weighted by Crippen LogP contribution is 2.42. The number of fused-ring (bicyclic) bond motifs is 2. The second-order valence-corrected chi connectivity index (χ2v) is 12.4. The first-order valence-corrected chi connectivity index (χ1v) is 15.7. The highest BCUT2D eigenvalue weighted by molar-refractivity contribution is 5.92. The van der Waals surface area contributed by atoms with Crippen molar-refractivity contribution in [2.45, 2.75) is 13.1 Å². The van der Waals surface area contributed by atoms with E-state index >= 15 is 0 Å². The molecule has 10 N–H and O–H groups in total. The minimum absolute atomic E-state index is 0.0226. The van der Waals surface area contributed by atoms with Crippen LogP contribution in [0.2, 0.25) is 0 Å². The fourth-order valence-corrected chi connectivity index (χ4v) is 6.33. The van der Waals surface area contributed by atoms with Crippen molar-refractivity contribution in [3.8, 4) is 80.1 Å². The van der Waals surface area contributed by atoms with Crippen LogP contribution in [-0.2, 0) is 13.1 Å². The number of hydrogen-bond donors (Lipinski definition) is 10. The monoisotopic (exact) mass is 714 g/mol. The summed E-state index contributed by atoms with van der Waals surface area (Å²) in [7, 11) is 0. The van der Waals surface area contributed by atoms with Gasteiger partial charge in [0.1, 0.15) is 33.8 Å². The summed E-state index contributed by atoms with van der Waals surface area (Å²) < 4.78 is 11.8. The van der Waals surface area contributed by atoms with Gasteiger partial charge in [0.25, 0.3) is 0 Å². The van der Waals surface area contributed by atoms with Crippen LogP contribution in [0.25, 0.3) is 44.6 Å². The first-order chi connectivity index (χ1) is 24.7. The van der Waals surface area contributed by atoms with Gasteiger partial charge in [0.15, 0.2) is 45.7 Å². The molecular formula is C36H30N2O14. The van der Waals surface area contributed by atoms with Crippen molar-refractivity contribution in [2.75, 3.05) is 26.2 Å². The van der Waals surface area contributed by atoms with Crippen molar-refractivity contribution in [3.63, 3.8) is 0 Å². The molecule has 6 aromatic rings. The molecule has 52 heavy (non-hydrogen) atoms. The summed E-state index contributed by atoms with van der Waals surface area (Å²) in [5, 5.41) is 103. The van der Waals surface area contributed by atoms with Crippen LogP contribution in [0.5, 0.6) is 57.5 Å². The third-order valence-electron chi connectivity index (χ3n) is 9.11. The predicted molar refractivity (Wildman–Crippen MR) is 183 cm³/mol. The summed E-state index contributed by atoms with van der Waals surface area (Å²) in [5.41, 5.74) is -2.06. The SMILES string of the molecule is O=c1c(O)c(-c2ccc(O)c(O)c2)oc2c(CN3CCN(Cc4c(O)cc(O)c5c(=O)c(O)c(-c6ccc(O)c(O)c6)oc45)CC3)c(O)cc(O)c12. The molecule has 16 heteroatoms. The Morgan fingerprint density at radius 3 is 1.17 bits per heavy atom. The maximum Gasteiger partial charge on any atom is 0.238 e. The Hall–Kier alpha value is -6.78. The van der Waals surface area contributed by atoms with E-state index in [-0.39, 0.29) is 68.8 Å². The van der Waals surface area contributed by atoms with Crippen LogP contribution in [-0.4, -0.2) is 87.0 Å². The van der Waals surface area contributed by atoms with Gasteiger partial charge in [-0.05, 0) is 36.4 Å². The van der Waals surface area contributed by atoms with Crippen LogP contribution < -0.4 is 10.9 Å². The fraction of sp³-hybridized carbons (Fsp3) is 0.167.